The van der Waals surface area contributed by atoms with Crippen molar-refractivity contribution in [2.45, 2.75) is 70.4 Å². The van der Waals surface area contributed by atoms with E-state index in [4.69, 9.17) is 19.9 Å². The number of nitrogens with zero attached hydrogens (tertiary/aromatic N) is 2. The van der Waals surface area contributed by atoms with Crippen molar-refractivity contribution in [2.24, 2.45) is 5.73 Å². The van der Waals surface area contributed by atoms with Gasteiger partial charge in [-0.2, -0.15) is 0 Å². The molecule has 9 heteroatoms. The molecule has 2 N–H and O–H groups in total. The molecule has 1 saturated carbocycles. The molecular weight excluding hydrogens is 534 g/mol. The predicted octanol–water partition coefficient (Wildman–Crippen LogP) is 5.10. The smallest absolute Gasteiger partial charge is 0.413 e. The molecule has 222 valence electrons. The summed E-state index contributed by atoms with van der Waals surface area (Å²) < 4.78 is 16.2. The minimum absolute atomic E-state index is 0.155. The van der Waals surface area contributed by atoms with Crippen molar-refractivity contribution in [3.63, 3.8) is 0 Å². The molecule has 1 saturated heterocycles. The molecule has 1 heterocycles. The van der Waals surface area contributed by atoms with Crippen molar-refractivity contribution in [3.8, 4) is 0 Å². The number of carbonyl (C=O) groups excluding carboxylic acids is 3. The normalized spacial score (nSPS) is 18.7. The van der Waals surface area contributed by atoms with Crippen LogP contribution in [0.25, 0.3) is 10.8 Å². The van der Waals surface area contributed by atoms with E-state index in [9.17, 15) is 14.4 Å². The first-order valence-corrected chi connectivity index (χ1v) is 14.6. The summed E-state index contributed by atoms with van der Waals surface area (Å²) in [4.78, 5) is 42.0. The first kappa shape index (κ1) is 29.4. The van der Waals surface area contributed by atoms with Crippen LogP contribution in [0, 0.1) is 0 Å². The molecule has 0 aromatic heterocycles. The van der Waals surface area contributed by atoms with E-state index in [0.717, 1.165) is 40.6 Å². The number of rotatable bonds is 10. The molecule has 3 aromatic carbocycles. The second-order valence-electron chi connectivity index (χ2n) is 11.2. The summed E-state index contributed by atoms with van der Waals surface area (Å²) in [5.41, 5.74) is 7.91. The van der Waals surface area contributed by atoms with Crippen LogP contribution >= 0.6 is 0 Å². The number of benzene rings is 3. The molecule has 2 aliphatic rings. The number of amides is 1. The van der Waals surface area contributed by atoms with Gasteiger partial charge in [-0.1, -0.05) is 54.6 Å². The van der Waals surface area contributed by atoms with Crippen molar-refractivity contribution >= 4 is 34.5 Å². The summed E-state index contributed by atoms with van der Waals surface area (Å²) in [7, 11) is 0. The lowest BCUT2D eigenvalue weighted by Crippen LogP contribution is -2.46. The summed E-state index contributed by atoms with van der Waals surface area (Å²) in [5.74, 6) is -0.795. The maximum Gasteiger partial charge on any atom is 0.413 e. The van der Waals surface area contributed by atoms with Gasteiger partial charge >= 0.3 is 18.0 Å². The van der Waals surface area contributed by atoms with Gasteiger partial charge in [0.2, 0.25) is 6.29 Å². The molecule has 3 atom stereocenters. The highest BCUT2D eigenvalue weighted by Crippen LogP contribution is 2.35. The molecule has 5 rings (SSSR count). The zero-order chi connectivity index (χ0) is 29.9. The number of nitrogens with two attached hydrogens (primary N) is 1. The Bertz CT molecular complexity index is 1430. The van der Waals surface area contributed by atoms with Crippen LogP contribution in [0.1, 0.15) is 57.2 Å². The minimum Gasteiger partial charge on any atom is -0.466 e. The van der Waals surface area contributed by atoms with E-state index in [2.05, 4.69) is 23.1 Å². The number of hydrogen-bond donors (Lipinski definition) is 1. The Balaban J connectivity index is 1.35. The van der Waals surface area contributed by atoms with Crippen LogP contribution in [0.3, 0.4) is 0 Å². The number of carbonyl (C=O) groups is 3. The highest BCUT2D eigenvalue weighted by atomic mass is 16.7. The van der Waals surface area contributed by atoms with Crippen LogP contribution in [0.2, 0.25) is 0 Å². The first-order valence-electron chi connectivity index (χ1n) is 14.6. The minimum atomic E-state index is -1.07. The monoisotopic (exact) mass is 573 g/mol. The third-order valence-corrected chi connectivity index (χ3v) is 8.15. The highest BCUT2D eigenvalue weighted by molar-refractivity contribution is 5.87. The van der Waals surface area contributed by atoms with Crippen molar-refractivity contribution in [1.82, 2.24) is 4.90 Å². The van der Waals surface area contributed by atoms with Crippen LogP contribution in [0.5, 0.6) is 0 Å². The number of anilines is 1. The van der Waals surface area contributed by atoms with E-state index in [1.165, 1.54) is 0 Å². The second-order valence-corrected chi connectivity index (χ2v) is 11.2. The molecule has 0 spiro atoms. The summed E-state index contributed by atoms with van der Waals surface area (Å²) in [5, 5.41) is 2.15. The van der Waals surface area contributed by atoms with E-state index in [1.54, 1.807) is 18.7 Å². The average molecular weight is 574 g/mol. The van der Waals surface area contributed by atoms with Crippen molar-refractivity contribution in [2.75, 3.05) is 24.6 Å². The number of hydrogen-bond acceptors (Lipinski definition) is 8. The lowest BCUT2D eigenvalue weighted by atomic mass is 9.97. The molecule has 0 radical (unpaired) electrons. The number of ether oxygens (including phenoxy) is 3. The molecule has 42 heavy (non-hydrogen) atoms. The Morgan fingerprint density at radius 3 is 2.43 bits per heavy atom. The van der Waals surface area contributed by atoms with Gasteiger partial charge in [-0.3, -0.25) is 9.69 Å². The largest absolute Gasteiger partial charge is 0.466 e. The fraction of sp³-hybridized carbons (Fsp3) is 0.424. The van der Waals surface area contributed by atoms with Gasteiger partial charge in [-0.15, -0.1) is 0 Å². The van der Waals surface area contributed by atoms with Crippen LogP contribution in [-0.4, -0.2) is 60.5 Å². The number of esters is 2. The quantitative estimate of drug-likeness (QED) is 0.263. The second kappa shape index (κ2) is 12.4. The van der Waals surface area contributed by atoms with E-state index < -0.39 is 23.9 Å². The van der Waals surface area contributed by atoms with Gasteiger partial charge in [0.25, 0.3) is 0 Å². The third-order valence-electron chi connectivity index (χ3n) is 8.15. The number of fused-ring (bicyclic) bond motifs is 1. The van der Waals surface area contributed by atoms with Gasteiger partial charge in [0.1, 0.15) is 5.54 Å². The Kier molecular flexibility index (Phi) is 8.68. The van der Waals surface area contributed by atoms with Crippen molar-refractivity contribution in [3.05, 3.63) is 77.9 Å². The molecule has 1 aliphatic heterocycles. The molecule has 0 bridgehead atoms. The highest BCUT2D eigenvalue weighted by Gasteiger charge is 2.48. The van der Waals surface area contributed by atoms with Crippen molar-refractivity contribution < 1.29 is 28.6 Å². The van der Waals surface area contributed by atoms with Crippen LogP contribution in [-0.2, 0) is 30.2 Å². The SMILES string of the molecule is CCOC(=O)Cc1ccc(N2CC[C@H](N(C(=O)OC(C)OC(=O)C3(N)CC3)[C@H](C)c3cccc4ccccc34)C2)cc1. The van der Waals surface area contributed by atoms with Gasteiger partial charge in [0, 0.05) is 25.7 Å². The predicted molar refractivity (Wildman–Crippen MR) is 160 cm³/mol. The average Bonchev–Trinajstić information content (AvgIpc) is 3.55. The van der Waals surface area contributed by atoms with Gasteiger partial charge in [-0.05, 0) is 67.1 Å². The fourth-order valence-electron chi connectivity index (χ4n) is 5.63. The van der Waals surface area contributed by atoms with Crippen LogP contribution in [0.4, 0.5) is 10.5 Å². The first-order chi connectivity index (χ1) is 20.2. The molecule has 1 unspecified atom stereocenters. The van der Waals surface area contributed by atoms with Crippen LogP contribution < -0.4 is 10.6 Å². The van der Waals surface area contributed by atoms with Crippen LogP contribution in [0.15, 0.2) is 66.7 Å². The Morgan fingerprint density at radius 1 is 1.00 bits per heavy atom. The fourth-order valence-corrected chi connectivity index (χ4v) is 5.63. The summed E-state index contributed by atoms with van der Waals surface area (Å²) in [6.07, 6.45) is 0.477. The van der Waals surface area contributed by atoms with E-state index in [1.807, 2.05) is 55.5 Å². The van der Waals surface area contributed by atoms with Crippen molar-refractivity contribution in [1.29, 1.82) is 0 Å². The topological polar surface area (TPSA) is 111 Å². The molecule has 9 nitrogen and oxygen atoms in total. The van der Waals surface area contributed by atoms with E-state index in [-0.39, 0.29) is 24.5 Å². The van der Waals surface area contributed by atoms with Gasteiger partial charge < -0.3 is 24.8 Å². The van der Waals surface area contributed by atoms with Gasteiger partial charge in [0.15, 0.2) is 0 Å². The lowest BCUT2D eigenvalue weighted by molar-refractivity contribution is -0.169. The zero-order valence-electron chi connectivity index (χ0n) is 24.5. The maximum atomic E-state index is 13.8. The molecule has 2 fully saturated rings. The summed E-state index contributed by atoms with van der Waals surface area (Å²) in [6.45, 7) is 7.04. The Hall–Kier alpha value is -4.11. The zero-order valence-corrected chi connectivity index (χ0v) is 24.5. The maximum absolute atomic E-state index is 13.8. The lowest BCUT2D eigenvalue weighted by Gasteiger charge is -2.35. The summed E-state index contributed by atoms with van der Waals surface area (Å²) in [6, 6.07) is 21.6. The molecule has 3 aromatic rings. The van der Waals surface area contributed by atoms with Gasteiger partial charge in [0.05, 0.1) is 25.1 Å². The Labute approximate surface area is 246 Å². The van der Waals surface area contributed by atoms with E-state index in [0.29, 0.717) is 26.0 Å². The molecule has 1 amide bonds. The standard InChI is InChI=1S/C33H39N3O6/c1-4-40-30(37)20-24-12-14-26(15-13-24)35-19-16-27(21-35)36(32(39)42-23(3)41-31(38)33(34)17-18-33)22(2)28-11-7-9-25-8-5-6-10-29(25)28/h5-15,22-23,27H,4,16-21,34H2,1-3H3/t22-,23?,27+/m1/s1. The Morgan fingerprint density at radius 2 is 1.71 bits per heavy atom. The summed E-state index contributed by atoms with van der Waals surface area (Å²) >= 11 is 0. The van der Waals surface area contributed by atoms with Gasteiger partial charge in [-0.25, -0.2) is 9.59 Å². The molecular formula is C33H39N3O6. The van der Waals surface area contributed by atoms with E-state index >= 15 is 0 Å². The third kappa shape index (κ3) is 6.51. The molecule has 1 aliphatic carbocycles.